The molecule has 3 unspecified atom stereocenters. The van der Waals surface area contributed by atoms with Crippen LogP contribution in [0.5, 0.6) is 0 Å². The van der Waals surface area contributed by atoms with E-state index in [0.29, 0.717) is 17.9 Å². The maximum atomic E-state index is 13.5. The highest BCUT2D eigenvalue weighted by molar-refractivity contribution is 6.20. The molecule has 94 valence electrons. The average Bonchev–Trinajstić information content (AvgIpc) is 2.28. The summed E-state index contributed by atoms with van der Waals surface area (Å²) in [6.45, 7) is 2.19. The second-order valence-electron chi connectivity index (χ2n) is 5.13. The molecule has 1 aliphatic carbocycles. The largest absolute Gasteiger partial charge is 0.207 e. The van der Waals surface area contributed by atoms with Gasteiger partial charge in [0, 0.05) is 5.38 Å². The molecular formula is C14H17ClF2. The lowest BCUT2D eigenvalue weighted by Gasteiger charge is -2.31. The molecule has 2 rings (SSSR count). The molecule has 0 radical (unpaired) electrons. The van der Waals surface area contributed by atoms with Crippen LogP contribution in [0.1, 0.15) is 31.7 Å². The van der Waals surface area contributed by atoms with Gasteiger partial charge in [0.1, 0.15) is 11.6 Å². The highest BCUT2D eigenvalue weighted by Gasteiger charge is 2.27. The van der Waals surface area contributed by atoms with Crippen LogP contribution in [0.15, 0.2) is 18.2 Å². The monoisotopic (exact) mass is 258 g/mol. The molecule has 1 fully saturated rings. The summed E-state index contributed by atoms with van der Waals surface area (Å²) in [5.74, 6) is 0.188. The third kappa shape index (κ3) is 3.19. The lowest BCUT2D eigenvalue weighted by molar-refractivity contribution is 0.285. The van der Waals surface area contributed by atoms with Gasteiger partial charge in [-0.05, 0) is 61.3 Å². The second kappa shape index (κ2) is 5.34. The van der Waals surface area contributed by atoms with E-state index in [1.54, 1.807) is 0 Å². The average molecular weight is 259 g/mol. The zero-order valence-corrected chi connectivity index (χ0v) is 10.7. The summed E-state index contributed by atoms with van der Waals surface area (Å²) in [4.78, 5) is 0. The van der Waals surface area contributed by atoms with Gasteiger partial charge >= 0.3 is 0 Å². The summed E-state index contributed by atoms with van der Waals surface area (Å²) in [6.07, 6.45) is 3.66. The van der Waals surface area contributed by atoms with Crippen LogP contribution < -0.4 is 0 Å². The van der Waals surface area contributed by atoms with Crippen LogP contribution in [0, 0.1) is 23.5 Å². The summed E-state index contributed by atoms with van der Waals surface area (Å²) in [5.41, 5.74) is 0.453. The van der Waals surface area contributed by atoms with E-state index in [2.05, 4.69) is 6.92 Å². The van der Waals surface area contributed by atoms with Gasteiger partial charge in [0.2, 0.25) is 0 Å². The van der Waals surface area contributed by atoms with Crippen molar-refractivity contribution in [2.24, 2.45) is 11.8 Å². The van der Waals surface area contributed by atoms with E-state index in [1.165, 1.54) is 12.1 Å². The summed E-state index contributed by atoms with van der Waals surface area (Å²) in [5, 5.41) is 0.0915. The molecule has 0 nitrogen and oxygen atoms in total. The molecule has 0 aromatic heterocycles. The Kier molecular flexibility index (Phi) is 4.03. The number of hydrogen-bond acceptors (Lipinski definition) is 0. The van der Waals surface area contributed by atoms with Gasteiger partial charge in [-0.2, -0.15) is 0 Å². The zero-order valence-electron chi connectivity index (χ0n) is 9.93. The van der Waals surface area contributed by atoms with Crippen LogP contribution in [-0.4, -0.2) is 5.38 Å². The standard InChI is InChI=1S/C14H17ClF2/c1-9-2-4-13(15)10(6-9)7-11-8-12(16)3-5-14(11)17/h3,5,8-10,13H,2,4,6-7H2,1H3. The third-order valence-electron chi connectivity index (χ3n) is 3.64. The van der Waals surface area contributed by atoms with Gasteiger partial charge in [-0.3, -0.25) is 0 Å². The predicted octanol–water partition coefficient (Wildman–Crippen LogP) is 4.55. The molecule has 1 aliphatic rings. The van der Waals surface area contributed by atoms with Crippen molar-refractivity contribution >= 4 is 11.6 Å². The molecule has 0 spiro atoms. The van der Waals surface area contributed by atoms with E-state index in [-0.39, 0.29) is 22.9 Å². The molecule has 1 aromatic carbocycles. The molecule has 3 heteroatoms. The van der Waals surface area contributed by atoms with Crippen molar-refractivity contribution in [3.63, 3.8) is 0 Å². The number of alkyl halides is 1. The van der Waals surface area contributed by atoms with Crippen LogP contribution in [0.3, 0.4) is 0 Å². The molecule has 0 amide bonds. The topological polar surface area (TPSA) is 0 Å². The van der Waals surface area contributed by atoms with Crippen molar-refractivity contribution in [3.8, 4) is 0 Å². The Morgan fingerprint density at radius 1 is 1.29 bits per heavy atom. The fraction of sp³-hybridized carbons (Fsp3) is 0.571. The summed E-state index contributed by atoms with van der Waals surface area (Å²) in [7, 11) is 0. The quantitative estimate of drug-likeness (QED) is 0.683. The van der Waals surface area contributed by atoms with Crippen LogP contribution in [0.25, 0.3) is 0 Å². The van der Waals surface area contributed by atoms with Crippen molar-refractivity contribution in [3.05, 3.63) is 35.4 Å². The molecule has 0 bridgehead atoms. The Bertz CT molecular complexity index is 392. The lowest BCUT2D eigenvalue weighted by atomic mass is 9.79. The van der Waals surface area contributed by atoms with E-state index < -0.39 is 0 Å². The molecule has 1 aromatic rings. The van der Waals surface area contributed by atoms with Gasteiger partial charge in [-0.25, -0.2) is 8.78 Å². The molecule has 0 heterocycles. The summed E-state index contributed by atoms with van der Waals surface area (Å²) < 4.78 is 26.6. The molecule has 17 heavy (non-hydrogen) atoms. The summed E-state index contributed by atoms with van der Waals surface area (Å²) >= 11 is 6.27. The molecule has 1 saturated carbocycles. The Hall–Kier alpha value is -0.630. The minimum atomic E-state index is -0.378. The van der Waals surface area contributed by atoms with Crippen molar-refractivity contribution < 1.29 is 8.78 Å². The van der Waals surface area contributed by atoms with E-state index in [0.717, 1.165) is 25.3 Å². The Morgan fingerprint density at radius 3 is 2.82 bits per heavy atom. The molecular weight excluding hydrogens is 242 g/mol. The number of halogens is 3. The highest BCUT2D eigenvalue weighted by Crippen LogP contribution is 2.35. The minimum absolute atomic E-state index is 0.0915. The fourth-order valence-corrected chi connectivity index (χ4v) is 2.97. The van der Waals surface area contributed by atoms with Crippen LogP contribution >= 0.6 is 11.6 Å². The van der Waals surface area contributed by atoms with E-state index in [1.807, 2.05) is 0 Å². The van der Waals surface area contributed by atoms with E-state index in [9.17, 15) is 8.78 Å². The van der Waals surface area contributed by atoms with E-state index in [4.69, 9.17) is 11.6 Å². The number of rotatable bonds is 2. The molecule has 0 N–H and O–H groups in total. The maximum absolute atomic E-state index is 13.5. The first-order chi connectivity index (χ1) is 8.06. The Balaban J connectivity index is 2.11. The Labute approximate surface area is 106 Å². The normalized spacial score (nSPS) is 29.3. The van der Waals surface area contributed by atoms with Gasteiger partial charge < -0.3 is 0 Å². The van der Waals surface area contributed by atoms with Gasteiger partial charge in [0.05, 0.1) is 0 Å². The van der Waals surface area contributed by atoms with Gasteiger partial charge in [0.25, 0.3) is 0 Å². The molecule has 0 saturated heterocycles. The SMILES string of the molecule is CC1CCC(Cl)C(Cc2cc(F)ccc2F)C1. The predicted molar refractivity (Wildman–Crippen MR) is 66.2 cm³/mol. The van der Waals surface area contributed by atoms with Crippen molar-refractivity contribution in [2.75, 3.05) is 0 Å². The molecule has 0 aliphatic heterocycles. The van der Waals surface area contributed by atoms with Crippen LogP contribution in [0.2, 0.25) is 0 Å². The first-order valence-electron chi connectivity index (χ1n) is 6.14. The first-order valence-corrected chi connectivity index (χ1v) is 6.58. The van der Waals surface area contributed by atoms with Crippen molar-refractivity contribution in [1.29, 1.82) is 0 Å². The zero-order chi connectivity index (χ0) is 12.4. The maximum Gasteiger partial charge on any atom is 0.126 e. The van der Waals surface area contributed by atoms with Gasteiger partial charge in [0.15, 0.2) is 0 Å². The molecule has 3 atom stereocenters. The minimum Gasteiger partial charge on any atom is -0.207 e. The lowest BCUT2D eigenvalue weighted by Crippen LogP contribution is -2.26. The van der Waals surface area contributed by atoms with Crippen LogP contribution in [-0.2, 0) is 6.42 Å². The third-order valence-corrected chi connectivity index (χ3v) is 4.22. The number of hydrogen-bond donors (Lipinski definition) is 0. The van der Waals surface area contributed by atoms with Gasteiger partial charge in [-0.1, -0.05) is 6.92 Å². The van der Waals surface area contributed by atoms with Crippen molar-refractivity contribution in [2.45, 2.75) is 38.0 Å². The number of benzene rings is 1. The second-order valence-corrected chi connectivity index (χ2v) is 5.69. The first kappa shape index (κ1) is 12.8. The van der Waals surface area contributed by atoms with Gasteiger partial charge in [-0.15, -0.1) is 11.6 Å². The highest BCUT2D eigenvalue weighted by atomic mass is 35.5. The van der Waals surface area contributed by atoms with E-state index >= 15 is 0 Å². The summed E-state index contributed by atoms with van der Waals surface area (Å²) in [6, 6.07) is 3.64. The smallest absolute Gasteiger partial charge is 0.126 e. The van der Waals surface area contributed by atoms with Crippen LogP contribution in [0.4, 0.5) is 8.78 Å². The Morgan fingerprint density at radius 2 is 2.06 bits per heavy atom. The fourth-order valence-electron chi connectivity index (χ4n) is 2.66. The van der Waals surface area contributed by atoms with Crippen molar-refractivity contribution in [1.82, 2.24) is 0 Å².